The van der Waals surface area contributed by atoms with Crippen molar-refractivity contribution in [3.05, 3.63) is 41.2 Å². The summed E-state index contributed by atoms with van der Waals surface area (Å²) in [5.74, 6) is -0.166. The molecule has 0 fully saturated rings. The minimum Gasteiger partial charge on any atom is -0.502 e. The number of pyridine rings is 1. The first kappa shape index (κ1) is 16.6. The number of allylic oxidation sites excluding steroid dienone is 1. The van der Waals surface area contributed by atoms with Gasteiger partial charge < -0.3 is 9.84 Å². The highest BCUT2D eigenvalue weighted by Crippen LogP contribution is 2.49. The maximum Gasteiger partial charge on any atom is 0.354 e. The molecule has 4 heterocycles. The van der Waals surface area contributed by atoms with Crippen molar-refractivity contribution in [2.75, 3.05) is 7.11 Å². The third kappa shape index (κ3) is 2.00. The monoisotopic (exact) mass is 383 g/mol. The van der Waals surface area contributed by atoms with Gasteiger partial charge in [-0.3, -0.25) is 4.57 Å². The molecule has 6 heteroatoms. The van der Waals surface area contributed by atoms with Gasteiger partial charge in [-0.15, -0.1) is 0 Å². The largest absolute Gasteiger partial charge is 0.502 e. The predicted octanol–water partition coefficient (Wildman–Crippen LogP) is 3.91. The minimum absolute atomic E-state index is 0.206. The van der Waals surface area contributed by atoms with E-state index in [1.54, 1.807) is 6.07 Å². The maximum atomic E-state index is 12.7. The molecule has 3 aromatic rings. The normalized spacial score (nSPS) is 20.8. The Morgan fingerprint density at radius 1 is 1.44 bits per heavy atom. The van der Waals surface area contributed by atoms with E-state index in [0.29, 0.717) is 10.7 Å². The predicted molar refractivity (Wildman–Crippen MR) is 104 cm³/mol. The standard InChI is InChI=1S/C21H19ClN2O3/c1-3-21-7-4-8-23-11-16(25)17-13-9-12(22)5-6-14(13)24(18(17)19(21)23)15(10-21)20(26)27-2/h5-6,9-11H,3-4,7-8H2,1-2H3/p+1/t21-/m0/s1. The fourth-order valence-electron chi connectivity index (χ4n) is 4.96. The number of halogens is 1. The van der Waals surface area contributed by atoms with Gasteiger partial charge in [-0.25, -0.2) is 4.79 Å². The van der Waals surface area contributed by atoms with Crippen molar-refractivity contribution in [3.8, 4) is 5.75 Å². The Labute approximate surface area is 161 Å². The number of aryl methyl sites for hydroxylation is 1. The van der Waals surface area contributed by atoms with Gasteiger partial charge in [0.25, 0.3) is 0 Å². The number of hydrogen-bond acceptors (Lipinski definition) is 3. The molecule has 0 bridgehead atoms. The number of fused-ring (bicyclic) bond motifs is 3. The third-order valence-electron chi connectivity index (χ3n) is 6.15. The van der Waals surface area contributed by atoms with Crippen LogP contribution in [0.15, 0.2) is 30.5 Å². The Bertz CT molecular complexity index is 1180. The number of benzene rings is 1. The number of rotatable bonds is 2. The third-order valence-corrected chi connectivity index (χ3v) is 6.38. The van der Waals surface area contributed by atoms with Crippen LogP contribution >= 0.6 is 11.6 Å². The zero-order valence-electron chi connectivity index (χ0n) is 15.3. The zero-order chi connectivity index (χ0) is 18.9. The Kier molecular flexibility index (Phi) is 3.38. The molecule has 0 aliphatic carbocycles. The second-order valence-corrected chi connectivity index (χ2v) is 7.85. The number of carbonyl (C=O) groups is 1. The SMILES string of the molecule is CC[C@]12C=C(C(=O)OC)n3c4ccc(Cl)cc4c4c(O)c[n+](c1c43)CCC2. The van der Waals surface area contributed by atoms with Gasteiger partial charge in [0.15, 0.2) is 5.75 Å². The summed E-state index contributed by atoms with van der Waals surface area (Å²) in [6.07, 6.45) is 6.72. The molecule has 27 heavy (non-hydrogen) atoms. The fourth-order valence-corrected chi connectivity index (χ4v) is 5.13. The van der Waals surface area contributed by atoms with E-state index in [1.807, 2.05) is 22.9 Å². The molecule has 138 valence electrons. The summed E-state index contributed by atoms with van der Waals surface area (Å²) in [5.41, 5.74) is 3.14. The average Bonchev–Trinajstić information content (AvgIpc) is 3.01. The highest BCUT2D eigenvalue weighted by atomic mass is 35.5. The van der Waals surface area contributed by atoms with Crippen molar-refractivity contribution in [1.29, 1.82) is 0 Å². The number of methoxy groups -OCH3 is 1. The molecule has 0 saturated heterocycles. The first-order valence-corrected chi connectivity index (χ1v) is 9.59. The van der Waals surface area contributed by atoms with E-state index in [1.165, 1.54) is 7.11 Å². The number of aromatic hydroxyl groups is 1. The quantitative estimate of drug-likeness (QED) is 0.539. The minimum atomic E-state index is -0.373. The van der Waals surface area contributed by atoms with E-state index in [-0.39, 0.29) is 17.1 Å². The topological polar surface area (TPSA) is 55.3 Å². The Morgan fingerprint density at radius 2 is 2.26 bits per heavy atom. The second kappa shape index (κ2) is 5.49. The first-order valence-electron chi connectivity index (χ1n) is 9.22. The molecule has 1 atom stereocenters. The molecule has 5 nitrogen and oxygen atoms in total. The lowest BCUT2D eigenvalue weighted by Crippen LogP contribution is -2.51. The van der Waals surface area contributed by atoms with Gasteiger partial charge in [-0.2, -0.15) is 4.57 Å². The fraction of sp³-hybridized carbons (Fsp3) is 0.333. The van der Waals surface area contributed by atoms with Gasteiger partial charge in [-0.05, 0) is 37.1 Å². The molecule has 2 aliphatic heterocycles. The highest BCUT2D eigenvalue weighted by molar-refractivity contribution is 6.32. The summed E-state index contributed by atoms with van der Waals surface area (Å²) < 4.78 is 9.19. The lowest BCUT2D eigenvalue weighted by atomic mass is 9.72. The van der Waals surface area contributed by atoms with Gasteiger partial charge in [0.05, 0.1) is 23.4 Å². The van der Waals surface area contributed by atoms with Gasteiger partial charge in [0, 0.05) is 16.8 Å². The van der Waals surface area contributed by atoms with Gasteiger partial charge >= 0.3 is 5.97 Å². The van der Waals surface area contributed by atoms with E-state index in [9.17, 15) is 9.90 Å². The number of esters is 1. The molecule has 0 amide bonds. The number of nitrogens with zero attached hydrogens (tertiary/aromatic N) is 2. The summed E-state index contributed by atoms with van der Waals surface area (Å²) in [7, 11) is 1.40. The van der Waals surface area contributed by atoms with Crippen molar-refractivity contribution >= 4 is 45.1 Å². The van der Waals surface area contributed by atoms with Crippen LogP contribution in [0.2, 0.25) is 5.02 Å². The van der Waals surface area contributed by atoms with E-state index in [2.05, 4.69) is 17.6 Å². The van der Waals surface area contributed by atoms with Crippen molar-refractivity contribution in [2.45, 2.75) is 38.1 Å². The molecule has 1 aromatic carbocycles. The number of aromatic nitrogens is 2. The molecule has 0 spiro atoms. The van der Waals surface area contributed by atoms with Crippen LogP contribution in [0.25, 0.3) is 27.5 Å². The lowest BCUT2D eigenvalue weighted by molar-refractivity contribution is -0.712. The van der Waals surface area contributed by atoms with Crippen LogP contribution in [-0.2, 0) is 21.5 Å². The molecule has 1 N–H and O–H groups in total. The molecule has 0 saturated carbocycles. The van der Waals surface area contributed by atoms with Crippen molar-refractivity contribution < 1.29 is 19.2 Å². The molecule has 2 aromatic heterocycles. The van der Waals surface area contributed by atoms with Crippen LogP contribution in [0.3, 0.4) is 0 Å². The number of ether oxygens (including phenoxy) is 1. The summed E-state index contributed by atoms with van der Waals surface area (Å²) in [4.78, 5) is 12.7. The molecule has 0 unspecified atom stereocenters. The van der Waals surface area contributed by atoms with E-state index in [0.717, 1.165) is 53.3 Å². The second-order valence-electron chi connectivity index (χ2n) is 7.41. The van der Waals surface area contributed by atoms with Crippen LogP contribution < -0.4 is 4.57 Å². The van der Waals surface area contributed by atoms with Gasteiger partial charge in [-0.1, -0.05) is 18.5 Å². The number of carbonyl (C=O) groups excluding carboxylic acids is 1. The Morgan fingerprint density at radius 3 is 3.00 bits per heavy atom. The number of hydrogen-bond donors (Lipinski definition) is 1. The van der Waals surface area contributed by atoms with Crippen LogP contribution in [0.1, 0.15) is 31.9 Å². The van der Waals surface area contributed by atoms with E-state index >= 15 is 0 Å². The molecular formula is C21H20ClN2O3+. The van der Waals surface area contributed by atoms with Gasteiger partial charge in [0.2, 0.25) is 11.9 Å². The summed E-state index contributed by atoms with van der Waals surface area (Å²) in [5, 5.41) is 13.0. The van der Waals surface area contributed by atoms with Crippen molar-refractivity contribution in [1.82, 2.24) is 4.57 Å². The van der Waals surface area contributed by atoms with Crippen LogP contribution in [0.5, 0.6) is 5.75 Å². The zero-order valence-corrected chi connectivity index (χ0v) is 16.0. The van der Waals surface area contributed by atoms with Crippen LogP contribution in [0.4, 0.5) is 0 Å². The molecule has 0 radical (unpaired) electrons. The Hall–Kier alpha value is -2.53. The van der Waals surface area contributed by atoms with Crippen LogP contribution in [0, 0.1) is 0 Å². The van der Waals surface area contributed by atoms with Crippen molar-refractivity contribution in [3.63, 3.8) is 0 Å². The van der Waals surface area contributed by atoms with E-state index < -0.39 is 0 Å². The highest BCUT2D eigenvalue weighted by Gasteiger charge is 2.47. The molecule has 5 rings (SSSR count). The summed E-state index contributed by atoms with van der Waals surface area (Å²) in [6, 6.07) is 5.55. The summed E-state index contributed by atoms with van der Waals surface area (Å²) in [6.45, 7) is 3.00. The van der Waals surface area contributed by atoms with E-state index in [4.69, 9.17) is 16.3 Å². The lowest BCUT2D eigenvalue weighted by Gasteiger charge is -2.35. The Balaban J connectivity index is 2.07. The first-order chi connectivity index (χ1) is 13.0. The average molecular weight is 384 g/mol. The summed E-state index contributed by atoms with van der Waals surface area (Å²) >= 11 is 6.26. The van der Waals surface area contributed by atoms with Crippen molar-refractivity contribution in [2.24, 2.45) is 0 Å². The smallest absolute Gasteiger partial charge is 0.354 e. The van der Waals surface area contributed by atoms with Crippen LogP contribution in [-0.4, -0.2) is 22.8 Å². The maximum absolute atomic E-state index is 12.7. The molecular weight excluding hydrogens is 364 g/mol. The molecule has 2 aliphatic rings. The van der Waals surface area contributed by atoms with Gasteiger partial charge in [0.1, 0.15) is 17.8 Å².